The molecule has 1 aromatic rings. The van der Waals surface area contributed by atoms with Gasteiger partial charge in [-0.05, 0) is 5.21 Å². The topological polar surface area (TPSA) is 78.8 Å². The summed E-state index contributed by atoms with van der Waals surface area (Å²) in [5.41, 5.74) is 0. The average molecular weight is 241 g/mol. The molecular formula is C10H21N6O+. The number of quaternary nitrogens is 1. The van der Waals surface area contributed by atoms with Gasteiger partial charge >= 0.3 is 0 Å². The Morgan fingerprint density at radius 1 is 1.41 bits per heavy atom. The van der Waals surface area contributed by atoms with Gasteiger partial charge in [-0.1, -0.05) is 0 Å². The predicted octanol–water partition coefficient (Wildman–Crippen LogP) is -0.483. The molecule has 7 heteroatoms. The monoisotopic (exact) mass is 241 g/mol. The minimum absolute atomic E-state index is 0.407. The molecule has 0 radical (unpaired) electrons. The van der Waals surface area contributed by atoms with Crippen LogP contribution in [0.3, 0.4) is 0 Å². The van der Waals surface area contributed by atoms with Gasteiger partial charge in [0, 0.05) is 18.8 Å². The van der Waals surface area contributed by atoms with Gasteiger partial charge in [0.25, 0.3) is 0 Å². The molecule has 0 amide bonds. The fourth-order valence-electron chi connectivity index (χ4n) is 2.17. The highest BCUT2D eigenvalue weighted by molar-refractivity contribution is 4.92. The molecular weight excluding hydrogens is 220 g/mol. The second kappa shape index (κ2) is 5.07. The van der Waals surface area contributed by atoms with Crippen LogP contribution in [0.2, 0.25) is 0 Å². The zero-order valence-electron chi connectivity index (χ0n) is 10.5. The van der Waals surface area contributed by atoms with Crippen molar-refractivity contribution in [2.45, 2.75) is 25.3 Å². The van der Waals surface area contributed by atoms with E-state index in [0.29, 0.717) is 19.1 Å². The van der Waals surface area contributed by atoms with Crippen LogP contribution in [-0.4, -0.2) is 58.5 Å². The van der Waals surface area contributed by atoms with Crippen LogP contribution in [0.4, 0.5) is 0 Å². The summed E-state index contributed by atoms with van der Waals surface area (Å²) in [4.78, 5) is 6.05. The molecule has 0 aromatic carbocycles. The van der Waals surface area contributed by atoms with Crippen LogP contribution in [0.5, 0.6) is 0 Å². The van der Waals surface area contributed by atoms with Crippen LogP contribution in [0.25, 0.3) is 0 Å². The Labute approximate surface area is 101 Å². The lowest BCUT2D eigenvalue weighted by atomic mass is 9.95. The highest BCUT2D eigenvalue weighted by atomic mass is 16.6. The van der Waals surface area contributed by atoms with Gasteiger partial charge < -0.3 is 9.32 Å². The number of tetrazole rings is 1. The van der Waals surface area contributed by atoms with E-state index >= 15 is 0 Å². The minimum atomic E-state index is 0.407. The van der Waals surface area contributed by atoms with Gasteiger partial charge in [0.05, 0.1) is 40.3 Å². The molecule has 0 aliphatic carbocycles. The lowest BCUT2D eigenvalue weighted by Crippen LogP contribution is -2.45. The molecule has 0 saturated carbocycles. The predicted molar refractivity (Wildman–Crippen MR) is 61.8 cm³/mol. The van der Waals surface area contributed by atoms with Crippen molar-refractivity contribution in [3.8, 4) is 0 Å². The second-order valence-electron chi connectivity index (χ2n) is 5.27. The van der Waals surface area contributed by atoms with Crippen LogP contribution < -0.4 is 5.90 Å². The molecule has 7 nitrogen and oxygen atoms in total. The molecule has 0 atom stereocenters. The molecule has 0 unspecified atom stereocenters. The summed E-state index contributed by atoms with van der Waals surface area (Å²) in [6.45, 7) is 3.30. The molecule has 2 rings (SSSR count). The average Bonchev–Trinajstić information content (AvgIpc) is 2.75. The molecule has 1 fully saturated rings. The summed E-state index contributed by atoms with van der Waals surface area (Å²) in [7, 11) is 4.53. The smallest absolute Gasteiger partial charge is 0.178 e. The second-order valence-corrected chi connectivity index (χ2v) is 5.27. The van der Waals surface area contributed by atoms with Gasteiger partial charge in [0.15, 0.2) is 5.82 Å². The van der Waals surface area contributed by atoms with Crippen molar-refractivity contribution in [1.29, 1.82) is 0 Å². The number of piperidine rings is 1. The van der Waals surface area contributed by atoms with Gasteiger partial charge in [0.2, 0.25) is 0 Å². The van der Waals surface area contributed by atoms with Gasteiger partial charge in [-0.2, -0.15) is 4.80 Å². The van der Waals surface area contributed by atoms with E-state index in [2.05, 4.69) is 34.3 Å². The van der Waals surface area contributed by atoms with Crippen LogP contribution in [0.15, 0.2) is 0 Å². The van der Waals surface area contributed by atoms with Crippen molar-refractivity contribution in [3.05, 3.63) is 5.82 Å². The summed E-state index contributed by atoms with van der Waals surface area (Å²) in [6.07, 6.45) is 2.26. The molecule has 0 bridgehead atoms. The first-order chi connectivity index (χ1) is 8.11. The molecule has 17 heavy (non-hydrogen) atoms. The number of nitrogens with zero attached hydrogens (tertiary/aromatic N) is 5. The minimum Gasteiger partial charge on any atom is -0.328 e. The third-order valence-electron chi connectivity index (χ3n) is 3.41. The highest BCUT2D eigenvalue weighted by Gasteiger charge is 2.29. The number of aromatic nitrogens is 4. The number of likely N-dealkylation sites (tertiary alicyclic amines) is 1. The Hall–Kier alpha value is -1.05. The van der Waals surface area contributed by atoms with E-state index in [1.165, 1.54) is 13.1 Å². The number of hydrogen-bond acceptors (Lipinski definition) is 5. The Balaban J connectivity index is 1.92. The van der Waals surface area contributed by atoms with Crippen LogP contribution in [0, 0.1) is 0 Å². The first kappa shape index (κ1) is 12.4. The first-order valence-electron chi connectivity index (χ1n) is 6.02. The van der Waals surface area contributed by atoms with Gasteiger partial charge in [-0.25, -0.2) is 5.90 Å². The summed E-state index contributed by atoms with van der Waals surface area (Å²) >= 11 is 0. The zero-order valence-corrected chi connectivity index (χ0v) is 10.5. The van der Waals surface area contributed by atoms with E-state index < -0.39 is 0 Å². The van der Waals surface area contributed by atoms with Crippen molar-refractivity contribution in [3.63, 3.8) is 0 Å². The summed E-state index contributed by atoms with van der Waals surface area (Å²) in [6, 6.07) is 0. The lowest BCUT2D eigenvalue weighted by molar-refractivity contribution is -0.895. The van der Waals surface area contributed by atoms with Crippen molar-refractivity contribution in [1.82, 2.24) is 20.2 Å². The molecule has 2 N–H and O–H groups in total. The van der Waals surface area contributed by atoms with E-state index in [4.69, 9.17) is 5.90 Å². The molecule has 1 aliphatic heterocycles. The highest BCUT2D eigenvalue weighted by Crippen LogP contribution is 2.26. The maximum Gasteiger partial charge on any atom is 0.178 e. The Bertz CT molecular complexity index is 353. The summed E-state index contributed by atoms with van der Waals surface area (Å²) in [5.74, 6) is 6.28. The quantitative estimate of drug-likeness (QED) is 0.569. The SMILES string of the molecule is C[N+]1(C)CCC(c2nnn(CCON)n2)CC1. The van der Waals surface area contributed by atoms with Crippen LogP contribution >= 0.6 is 0 Å². The van der Waals surface area contributed by atoms with E-state index in [1.807, 2.05) is 0 Å². The maximum absolute atomic E-state index is 4.96. The normalized spacial score (nSPS) is 20.6. The maximum atomic E-state index is 4.96. The standard InChI is InChI=1S/C10H21N6O/c1-16(2)6-3-9(4-7-16)10-12-14-15(13-10)5-8-17-11/h9H,3-8,11H2,1-2H3/q+1. The Kier molecular flexibility index (Phi) is 3.70. The fraction of sp³-hybridized carbons (Fsp3) is 0.900. The van der Waals surface area contributed by atoms with E-state index in [1.54, 1.807) is 4.80 Å². The van der Waals surface area contributed by atoms with Crippen LogP contribution in [0.1, 0.15) is 24.6 Å². The molecule has 96 valence electrons. The van der Waals surface area contributed by atoms with Crippen molar-refractivity contribution in [2.24, 2.45) is 5.90 Å². The fourth-order valence-corrected chi connectivity index (χ4v) is 2.17. The molecule has 1 saturated heterocycles. The molecule has 2 heterocycles. The van der Waals surface area contributed by atoms with Crippen molar-refractivity contribution >= 4 is 0 Å². The van der Waals surface area contributed by atoms with E-state index in [0.717, 1.165) is 23.1 Å². The van der Waals surface area contributed by atoms with E-state index in [-0.39, 0.29) is 0 Å². The first-order valence-corrected chi connectivity index (χ1v) is 6.02. The number of hydrogen-bond donors (Lipinski definition) is 1. The number of rotatable bonds is 4. The molecule has 1 aromatic heterocycles. The van der Waals surface area contributed by atoms with Crippen LogP contribution in [-0.2, 0) is 11.4 Å². The van der Waals surface area contributed by atoms with Gasteiger partial charge in [0.1, 0.15) is 0 Å². The Morgan fingerprint density at radius 3 is 2.76 bits per heavy atom. The van der Waals surface area contributed by atoms with E-state index in [9.17, 15) is 0 Å². The third kappa shape index (κ3) is 3.21. The summed E-state index contributed by atoms with van der Waals surface area (Å²) in [5, 5.41) is 12.5. The third-order valence-corrected chi connectivity index (χ3v) is 3.41. The Morgan fingerprint density at radius 2 is 2.12 bits per heavy atom. The van der Waals surface area contributed by atoms with Gasteiger partial charge in [-0.15, -0.1) is 10.2 Å². The number of nitrogens with two attached hydrogens (primary N) is 1. The molecule has 0 spiro atoms. The largest absolute Gasteiger partial charge is 0.328 e. The van der Waals surface area contributed by atoms with Crippen molar-refractivity contribution < 1.29 is 9.32 Å². The van der Waals surface area contributed by atoms with Crippen molar-refractivity contribution in [2.75, 3.05) is 33.8 Å². The molecule has 1 aliphatic rings. The van der Waals surface area contributed by atoms with Gasteiger partial charge in [-0.3, -0.25) is 0 Å². The lowest BCUT2D eigenvalue weighted by Gasteiger charge is -2.36. The summed E-state index contributed by atoms with van der Waals surface area (Å²) < 4.78 is 1.09. The zero-order chi connectivity index (χ0) is 12.3.